The molecular formula is C21H18N6. The maximum Gasteiger partial charge on any atom is 0.175 e. The fraction of sp³-hybridized carbons (Fsp3) is 0.143. The third kappa shape index (κ3) is 2.33. The lowest BCUT2D eigenvalue weighted by Gasteiger charge is -2.07. The molecule has 3 heterocycles. The van der Waals surface area contributed by atoms with Crippen molar-refractivity contribution in [2.24, 2.45) is 0 Å². The van der Waals surface area contributed by atoms with Gasteiger partial charge in [0.05, 0.1) is 17.3 Å². The molecule has 6 heteroatoms. The van der Waals surface area contributed by atoms with Crippen molar-refractivity contribution in [3.63, 3.8) is 0 Å². The van der Waals surface area contributed by atoms with Crippen LogP contribution in [0.5, 0.6) is 0 Å². The molecule has 132 valence electrons. The largest absolute Gasteiger partial charge is 0.265 e. The second kappa shape index (κ2) is 5.74. The molecule has 5 aromatic rings. The van der Waals surface area contributed by atoms with E-state index in [0.717, 1.165) is 39.3 Å². The van der Waals surface area contributed by atoms with Gasteiger partial charge in [0.25, 0.3) is 0 Å². The number of aryl methyl sites for hydroxylation is 3. The summed E-state index contributed by atoms with van der Waals surface area (Å²) in [4.78, 5) is 4.67. The van der Waals surface area contributed by atoms with Crippen LogP contribution < -0.4 is 0 Å². The number of fused-ring (bicyclic) bond motifs is 3. The minimum Gasteiger partial charge on any atom is -0.265 e. The Kier molecular flexibility index (Phi) is 3.33. The zero-order valence-corrected chi connectivity index (χ0v) is 15.4. The zero-order valence-electron chi connectivity index (χ0n) is 15.4. The van der Waals surface area contributed by atoms with E-state index in [1.54, 1.807) is 6.33 Å². The van der Waals surface area contributed by atoms with Crippen LogP contribution in [0.15, 0.2) is 55.0 Å². The highest BCUT2D eigenvalue weighted by Gasteiger charge is 2.16. The molecule has 3 aromatic heterocycles. The van der Waals surface area contributed by atoms with E-state index in [4.69, 9.17) is 0 Å². The summed E-state index contributed by atoms with van der Waals surface area (Å²) >= 11 is 0. The first-order valence-electron chi connectivity index (χ1n) is 8.84. The molecular weight excluding hydrogens is 336 g/mol. The predicted octanol–water partition coefficient (Wildman–Crippen LogP) is 4.06. The molecule has 0 aliphatic rings. The van der Waals surface area contributed by atoms with Gasteiger partial charge in [-0.1, -0.05) is 30.3 Å². The number of benzene rings is 2. The molecule has 0 spiro atoms. The molecule has 0 N–H and O–H groups in total. The summed E-state index contributed by atoms with van der Waals surface area (Å²) < 4.78 is 3.78. The Labute approximate surface area is 156 Å². The summed E-state index contributed by atoms with van der Waals surface area (Å²) in [5, 5.41) is 14.3. The predicted molar refractivity (Wildman–Crippen MR) is 105 cm³/mol. The fourth-order valence-corrected chi connectivity index (χ4v) is 3.37. The van der Waals surface area contributed by atoms with Gasteiger partial charge in [-0.15, -0.1) is 10.2 Å². The molecule has 0 atom stereocenters. The highest BCUT2D eigenvalue weighted by atomic mass is 15.3. The van der Waals surface area contributed by atoms with Gasteiger partial charge in [0.15, 0.2) is 17.1 Å². The van der Waals surface area contributed by atoms with Gasteiger partial charge in [0.1, 0.15) is 6.33 Å². The highest BCUT2D eigenvalue weighted by molar-refractivity contribution is 5.90. The first kappa shape index (κ1) is 15.7. The summed E-state index contributed by atoms with van der Waals surface area (Å²) in [6.07, 6.45) is 3.59. The van der Waals surface area contributed by atoms with E-state index in [9.17, 15) is 0 Å². The summed E-state index contributed by atoms with van der Waals surface area (Å²) in [7, 11) is 0. The Morgan fingerprint density at radius 2 is 1.67 bits per heavy atom. The van der Waals surface area contributed by atoms with Crippen molar-refractivity contribution in [2.45, 2.75) is 20.8 Å². The van der Waals surface area contributed by atoms with Crippen molar-refractivity contribution < 1.29 is 0 Å². The van der Waals surface area contributed by atoms with Crippen LogP contribution in [0.1, 0.15) is 16.7 Å². The molecule has 0 fully saturated rings. The smallest absolute Gasteiger partial charge is 0.175 e. The van der Waals surface area contributed by atoms with Gasteiger partial charge >= 0.3 is 0 Å². The van der Waals surface area contributed by atoms with Crippen molar-refractivity contribution >= 4 is 16.7 Å². The highest BCUT2D eigenvalue weighted by Crippen LogP contribution is 2.26. The Bertz CT molecular complexity index is 1310. The molecule has 0 aliphatic heterocycles. The first-order chi connectivity index (χ1) is 13.1. The summed E-state index contributed by atoms with van der Waals surface area (Å²) in [5.41, 5.74) is 7.20. The Hall–Kier alpha value is -3.54. The number of hydrogen-bond donors (Lipinski definition) is 0. The minimum absolute atomic E-state index is 0.758. The molecule has 6 nitrogen and oxygen atoms in total. The molecule has 0 unspecified atom stereocenters. The van der Waals surface area contributed by atoms with Gasteiger partial charge < -0.3 is 0 Å². The van der Waals surface area contributed by atoms with Crippen molar-refractivity contribution in [2.75, 3.05) is 0 Å². The Morgan fingerprint density at radius 1 is 0.815 bits per heavy atom. The summed E-state index contributed by atoms with van der Waals surface area (Å²) in [6, 6.07) is 14.4. The normalized spacial score (nSPS) is 11.5. The van der Waals surface area contributed by atoms with Crippen LogP contribution in [0.2, 0.25) is 0 Å². The molecule has 2 aromatic carbocycles. The third-order valence-corrected chi connectivity index (χ3v) is 5.10. The van der Waals surface area contributed by atoms with E-state index in [0.29, 0.717) is 0 Å². The van der Waals surface area contributed by atoms with Gasteiger partial charge in [0.2, 0.25) is 0 Å². The lowest BCUT2D eigenvalue weighted by Crippen LogP contribution is -2.00. The average Bonchev–Trinajstić information content (AvgIpc) is 3.28. The van der Waals surface area contributed by atoms with Crippen LogP contribution in [0.3, 0.4) is 0 Å². The molecule has 0 saturated carbocycles. The van der Waals surface area contributed by atoms with Gasteiger partial charge in [-0.05, 0) is 49.6 Å². The summed E-state index contributed by atoms with van der Waals surface area (Å²) in [6.45, 7) is 6.27. The lowest BCUT2D eigenvalue weighted by molar-refractivity contribution is 0.891. The Morgan fingerprint density at radius 3 is 2.48 bits per heavy atom. The number of hydrogen-bond acceptors (Lipinski definition) is 4. The lowest BCUT2D eigenvalue weighted by atomic mass is 10.1. The second-order valence-electron chi connectivity index (χ2n) is 6.84. The monoisotopic (exact) mass is 354 g/mol. The van der Waals surface area contributed by atoms with E-state index in [1.807, 2.05) is 27.4 Å². The van der Waals surface area contributed by atoms with E-state index >= 15 is 0 Å². The maximum atomic E-state index is 4.67. The average molecular weight is 354 g/mol. The Balaban J connectivity index is 1.73. The zero-order chi connectivity index (χ0) is 18.5. The standard InChI is InChI=1S/C21H18N6/c1-13-8-9-16(10-15(13)3)27-19-18(11-23-27)21-25-24-20(26(21)12-22-19)17-7-5-4-6-14(17)2/h4-12H,1-3H3. The van der Waals surface area contributed by atoms with E-state index in [1.165, 1.54) is 11.1 Å². The van der Waals surface area contributed by atoms with Gasteiger partial charge in [-0.25, -0.2) is 9.67 Å². The fourth-order valence-electron chi connectivity index (χ4n) is 3.37. The van der Waals surface area contributed by atoms with Crippen molar-refractivity contribution in [3.05, 3.63) is 71.7 Å². The molecule has 0 saturated heterocycles. The molecule has 0 amide bonds. The molecule has 0 bridgehead atoms. The van der Waals surface area contributed by atoms with Crippen LogP contribution in [-0.2, 0) is 0 Å². The molecule has 0 aliphatic carbocycles. The van der Waals surface area contributed by atoms with Crippen LogP contribution in [0.4, 0.5) is 0 Å². The van der Waals surface area contributed by atoms with Crippen molar-refractivity contribution in [1.29, 1.82) is 0 Å². The van der Waals surface area contributed by atoms with Gasteiger partial charge in [-0.3, -0.25) is 4.40 Å². The van der Waals surface area contributed by atoms with E-state index in [2.05, 4.69) is 71.4 Å². The van der Waals surface area contributed by atoms with Crippen LogP contribution in [0, 0.1) is 20.8 Å². The molecule has 27 heavy (non-hydrogen) atoms. The SMILES string of the molecule is Cc1ccc(-n2ncc3c2ncn2c(-c4ccccc4C)nnc32)cc1C. The van der Waals surface area contributed by atoms with Gasteiger partial charge in [-0.2, -0.15) is 5.10 Å². The van der Waals surface area contributed by atoms with Crippen LogP contribution in [0.25, 0.3) is 33.8 Å². The first-order valence-corrected chi connectivity index (χ1v) is 8.84. The summed E-state index contributed by atoms with van der Waals surface area (Å²) in [5.74, 6) is 0.788. The third-order valence-electron chi connectivity index (χ3n) is 5.10. The van der Waals surface area contributed by atoms with Crippen LogP contribution in [-0.4, -0.2) is 29.4 Å². The van der Waals surface area contributed by atoms with Crippen LogP contribution >= 0.6 is 0 Å². The maximum absolute atomic E-state index is 4.67. The second-order valence-corrected chi connectivity index (χ2v) is 6.84. The minimum atomic E-state index is 0.758. The number of aromatic nitrogens is 6. The van der Waals surface area contributed by atoms with Crippen molar-refractivity contribution in [1.82, 2.24) is 29.4 Å². The van der Waals surface area contributed by atoms with Crippen molar-refractivity contribution in [3.8, 4) is 17.1 Å². The quantitative estimate of drug-likeness (QED) is 0.480. The number of nitrogens with zero attached hydrogens (tertiary/aromatic N) is 6. The molecule has 5 rings (SSSR count). The topological polar surface area (TPSA) is 60.9 Å². The number of rotatable bonds is 2. The van der Waals surface area contributed by atoms with Gasteiger partial charge in [0, 0.05) is 5.56 Å². The van der Waals surface area contributed by atoms with E-state index < -0.39 is 0 Å². The van der Waals surface area contributed by atoms with E-state index in [-0.39, 0.29) is 0 Å². The molecule has 0 radical (unpaired) electrons.